The smallest absolute Gasteiger partial charge is 0.262 e. The molecular weight excluding hydrogens is 787 g/mol. The van der Waals surface area contributed by atoms with Gasteiger partial charge in [-0.15, -0.1) is 0 Å². The minimum Gasteiger partial charge on any atom is -0.493 e. The molecule has 300 valence electrons. The lowest BCUT2D eigenvalue weighted by Gasteiger charge is -2.41. The maximum absolute atomic E-state index is 15.6. The molecule has 2 aliphatic rings. The Kier molecular flexibility index (Phi) is 13.2. The van der Waals surface area contributed by atoms with Crippen molar-refractivity contribution in [2.75, 3.05) is 59.6 Å². The maximum atomic E-state index is 15.6. The van der Waals surface area contributed by atoms with E-state index in [2.05, 4.69) is 20.7 Å². The van der Waals surface area contributed by atoms with Gasteiger partial charge in [0.1, 0.15) is 10.6 Å². The second-order valence-electron chi connectivity index (χ2n) is 15.2. The molecule has 1 unspecified atom stereocenters. The van der Waals surface area contributed by atoms with E-state index in [0.717, 1.165) is 11.1 Å². The molecule has 2 saturated heterocycles. The van der Waals surface area contributed by atoms with E-state index in [1.165, 1.54) is 12.1 Å². The number of carbonyl (C=O) groups is 2. The number of nitrogens with zero attached hydrogens (tertiary/aromatic N) is 2. The molecule has 0 radical (unpaired) electrons. The Hall–Kier alpha value is -2.98. The van der Waals surface area contributed by atoms with E-state index >= 15 is 4.79 Å². The van der Waals surface area contributed by atoms with Gasteiger partial charge in [0.05, 0.1) is 35.9 Å². The molecular formula is C39H51Cl3N6O6S. The van der Waals surface area contributed by atoms with E-state index in [9.17, 15) is 13.2 Å². The van der Waals surface area contributed by atoms with Crippen LogP contribution >= 0.6 is 34.8 Å². The molecule has 3 aromatic rings. The van der Waals surface area contributed by atoms with Crippen LogP contribution in [0.2, 0.25) is 15.1 Å². The second kappa shape index (κ2) is 16.9. The van der Waals surface area contributed by atoms with Crippen LogP contribution in [-0.4, -0.2) is 95.2 Å². The molecule has 0 aromatic heterocycles. The predicted molar refractivity (Wildman–Crippen MR) is 216 cm³/mol. The van der Waals surface area contributed by atoms with Gasteiger partial charge in [0.2, 0.25) is 15.9 Å². The first-order chi connectivity index (χ1) is 25.8. The third kappa shape index (κ3) is 9.11. The molecule has 4 N–H and O–H groups in total. The summed E-state index contributed by atoms with van der Waals surface area (Å²) >= 11 is 19.5. The molecule has 0 aliphatic carbocycles. The second-order valence-corrected chi connectivity index (χ2v) is 18.2. The largest absolute Gasteiger partial charge is 0.493 e. The number of rotatable bonds is 13. The van der Waals surface area contributed by atoms with E-state index in [4.69, 9.17) is 44.3 Å². The molecule has 12 nitrogen and oxygen atoms in total. The zero-order chi connectivity index (χ0) is 40.4. The van der Waals surface area contributed by atoms with E-state index < -0.39 is 32.3 Å². The first-order valence-electron chi connectivity index (χ1n) is 18.2. The summed E-state index contributed by atoms with van der Waals surface area (Å²) in [4.78, 5) is 31.7. The Labute approximate surface area is 339 Å². The topological polar surface area (TPSA) is 141 Å². The van der Waals surface area contributed by atoms with Crippen molar-refractivity contribution in [3.05, 3.63) is 92.4 Å². The number of hydrogen-bond acceptors (Lipinski definition) is 9. The van der Waals surface area contributed by atoms with Gasteiger partial charge >= 0.3 is 0 Å². The van der Waals surface area contributed by atoms with Gasteiger partial charge in [0.25, 0.3) is 5.91 Å². The number of carbonyl (C=O) groups excluding carboxylic acids is 2. The Balaban J connectivity index is 1.70. The highest BCUT2D eigenvalue weighted by Gasteiger charge is 2.65. The van der Waals surface area contributed by atoms with Crippen LogP contribution in [0.15, 0.2) is 65.6 Å². The average molecular weight is 838 g/mol. The summed E-state index contributed by atoms with van der Waals surface area (Å²) in [6.45, 7) is 13.6. The van der Waals surface area contributed by atoms with Crippen molar-refractivity contribution in [3.8, 4) is 5.75 Å². The van der Waals surface area contributed by atoms with E-state index in [1.807, 2.05) is 43.0 Å². The minimum absolute atomic E-state index is 0.0668. The summed E-state index contributed by atoms with van der Waals surface area (Å²) in [5.41, 5.74) is -2.92. The maximum Gasteiger partial charge on any atom is 0.262 e. The third-order valence-corrected chi connectivity index (χ3v) is 12.9. The summed E-state index contributed by atoms with van der Waals surface area (Å²) in [7, 11) is -2.64. The number of halogens is 3. The molecule has 2 aliphatic heterocycles. The highest BCUT2D eigenvalue weighted by molar-refractivity contribution is 7.89. The van der Waals surface area contributed by atoms with Gasteiger partial charge in [-0.2, -0.15) is 0 Å². The van der Waals surface area contributed by atoms with Crippen LogP contribution in [0.1, 0.15) is 58.2 Å². The zero-order valence-corrected chi connectivity index (χ0v) is 35.4. The molecule has 16 heteroatoms. The Morgan fingerprint density at radius 2 is 1.40 bits per heavy atom. The first-order valence-corrected chi connectivity index (χ1v) is 20.8. The van der Waals surface area contributed by atoms with Crippen LogP contribution in [0.4, 0.5) is 0 Å². The first kappa shape index (κ1) is 43.1. The fraction of sp³-hybridized carbons (Fsp3) is 0.487. The Morgan fingerprint density at radius 1 is 0.873 bits per heavy atom. The van der Waals surface area contributed by atoms with Crippen LogP contribution in [0.3, 0.4) is 0 Å². The van der Waals surface area contributed by atoms with Crippen molar-refractivity contribution in [3.63, 3.8) is 0 Å². The van der Waals surface area contributed by atoms with E-state index in [1.54, 1.807) is 64.0 Å². The van der Waals surface area contributed by atoms with Crippen LogP contribution in [0.5, 0.6) is 5.75 Å². The van der Waals surface area contributed by atoms with Crippen LogP contribution in [0, 0.1) is 0 Å². The predicted octanol–water partition coefficient (Wildman–Crippen LogP) is 5.21. The quantitative estimate of drug-likeness (QED) is 0.171. The standard InChI is InChI=1S/C39H51Cl3N6O6S/c1-8-54-32-24-31(42)33(55(51,52)46-36(2,3)4)23-30(32)39(35(50)48-20-18-47(19-21-48)25-34(49)43-17-22-53-7)44-37(5,26-9-13-28(40)14-10-26)38(6,45-39)27-11-15-29(41)16-12-27/h9-16,23-24,44-46H,8,17-22,25H2,1-7H3,(H,43,49)/t37-,38+,39?. The number of piperazine rings is 1. The van der Waals surface area contributed by atoms with Crippen molar-refractivity contribution in [2.45, 2.75) is 68.7 Å². The molecule has 2 heterocycles. The van der Waals surface area contributed by atoms with Crippen LogP contribution in [-0.2, 0) is 41.1 Å². The monoisotopic (exact) mass is 836 g/mol. The molecule has 55 heavy (non-hydrogen) atoms. The number of methoxy groups -OCH3 is 1. The van der Waals surface area contributed by atoms with Crippen molar-refractivity contribution in [1.82, 2.24) is 30.5 Å². The molecule has 5 rings (SSSR count). The van der Waals surface area contributed by atoms with Crippen molar-refractivity contribution in [1.29, 1.82) is 0 Å². The van der Waals surface area contributed by atoms with Gasteiger partial charge in [-0.3, -0.25) is 25.1 Å². The lowest BCUT2D eigenvalue weighted by Crippen LogP contribution is -2.63. The minimum atomic E-state index is -4.21. The fourth-order valence-electron chi connectivity index (χ4n) is 7.34. The van der Waals surface area contributed by atoms with Gasteiger partial charge in [-0.25, -0.2) is 13.1 Å². The summed E-state index contributed by atoms with van der Waals surface area (Å²) < 4.78 is 41.9. The van der Waals surface area contributed by atoms with Crippen molar-refractivity contribution < 1.29 is 27.5 Å². The number of hydrogen-bond donors (Lipinski definition) is 4. The lowest BCUT2D eigenvalue weighted by molar-refractivity contribution is -0.142. The molecule has 0 saturated carbocycles. The summed E-state index contributed by atoms with van der Waals surface area (Å²) in [6.07, 6.45) is 0. The van der Waals surface area contributed by atoms with Crippen molar-refractivity contribution >= 4 is 56.6 Å². The molecule has 3 atom stereocenters. The SMILES string of the molecule is CCOc1cc(Cl)c(S(=O)(=O)NC(C)(C)C)cc1C1(C(=O)N2CCN(CC(=O)NCCOC)CC2)N[C@@](C)(c2ccc(Cl)cc2)[C@@](C)(c2ccc(Cl)cc2)N1. The van der Waals surface area contributed by atoms with Gasteiger partial charge in [0.15, 0.2) is 5.66 Å². The number of nitrogens with one attached hydrogen (secondary N) is 4. The molecule has 2 fully saturated rings. The van der Waals surface area contributed by atoms with Crippen LogP contribution < -0.4 is 25.4 Å². The molecule has 3 aromatic carbocycles. The van der Waals surface area contributed by atoms with E-state index in [-0.39, 0.29) is 46.2 Å². The summed E-state index contributed by atoms with van der Waals surface area (Å²) in [5, 5.41) is 11.3. The number of sulfonamides is 1. The van der Waals surface area contributed by atoms with E-state index in [0.29, 0.717) is 49.4 Å². The number of benzene rings is 3. The Bertz CT molecular complexity index is 1910. The average Bonchev–Trinajstić information content (AvgIpc) is 3.36. The summed E-state index contributed by atoms with van der Waals surface area (Å²) in [5.74, 6) is -0.282. The van der Waals surface area contributed by atoms with Gasteiger partial charge in [0, 0.05) is 67.0 Å². The van der Waals surface area contributed by atoms with Gasteiger partial charge in [-0.05, 0) is 83.0 Å². The molecule has 2 amide bonds. The molecule has 0 bridgehead atoms. The normalized spacial score (nSPS) is 23.5. The van der Waals surface area contributed by atoms with Crippen LogP contribution in [0.25, 0.3) is 0 Å². The van der Waals surface area contributed by atoms with Crippen molar-refractivity contribution in [2.24, 2.45) is 0 Å². The van der Waals surface area contributed by atoms with Gasteiger partial charge in [-0.1, -0.05) is 59.1 Å². The molecule has 0 spiro atoms. The fourth-order valence-corrected chi connectivity index (χ4v) is 9.56. The number of ether oxygens (including phenoxy) is 2. The van der Waals surface area contributed by atoms with Gasteiger partial charge < -0.3 is 19.7 Å². The summed E-state index contributed by atoms with van der Waals surface area (Å²) in [6, 6.07) is 17.6. The highest BCUT2D eigenvalue weighted by Crippen LogP contribution is 2.52. The Morgan fingerprint density at radius 3 is 1.87 bits per heavy atom. The zero-order valence-electron chi connectivity index (χ0n) is 32.3. The number of amides is 2. The third-order valence-electron chi connectivity index (χ3n) is 10.2. The highest BCUT2D eigenvalue weighted by atomic mass is 35.5. The lowest BCUT2D eigenvalue weighted by atomic mass is 9.72.